The molecule has 0 radical (unpaired) electrons. The Morgan fingerprint density at radius 1 is 1.11 bits per heavy atom. The van der Waals surface area contributed by atoms with E-state index in [4.69, 9.17) is 0 Å². The number of aryl methyl sites for hydroxylation is 1. The van der Waals surface area contributed by atoms with E-state index < -0.39 is 0 Å². The van der Waals surface area contributed by atoms with E-state index in [0.29, 0.717) is 0 Å². The lowest BCUT2D eigenvalue weighted by molar-refractivity contribution is 0.189. The summed E-state index contributed by atoms with van der Waals surface area (Å²) in [6, 6.07) is 10.5. The first-order valence-electron chi connectivity index (χ1n) is 10.1. The van der Waals surface area contributed by atoms with Gasteiger partial charge in [-0.05, 0) is 67.3 Å². The molecule has 4 rings (SSSR count). The van der Waals surface area contributed by atoms with Gasteiger partial charge >= 0.3 is 6.03 Å². The van der Waals surface area contributed by atoms with Gasteiger partial charge in [-0.2, -0.15) is 0 Å². The highest BCUT2D eigenvalue weighted by Crippen LogP contribution is 2.27. The molecule has 0 spiro atoms. The number of likely N-dealkylation sites (tertiary alicyclic amines) is 1. The lowest BCUT2D eigenvalue weighted by atomic mass is 9.90. The van der Waals surface area contributed by atoms with Crippen LogP contribution in [0, 0.1) is 0 Å². The smallest absolute Gasteiger partial charge is 0.319 e. The number of aromatic nitrogens is 1. The van der Waals surface area contributed by atoms with E-state index in [-0.39, 0.29) is 12.1 Å². The highest BCUT2D eigenvalue weighted by molar-refractivity contribution is 5.90. The Morgan fingerprint density at radius 2 is 1.96 bits per heavy atom. The summed E-state index contributed by atoms with van der Waals surface area (Å²) in [6.07, 6.45) is 10.4. The molecule has 142 valence electrons. The Morgan fingerprint density at radius 3 is 2.78 bits per heavy atom. The van der Waals surface area contributed by atoms with Crippen molar-refractivity contribution >= 4 is 11.7 Å². The summed E-state index contributed by atoms with van der Waals surface area (Å²) in [4.78, 5) is 19.1. The van der Waals surface area contributed by atoms with Crippen molar-refractivity contribution in [2.75, 3.05) is 18.4 Å². The molecule has 1 aromatic heterocycles. The maximum absolute atomic E-state index is 12.5. The van der Waals surface area contributed by atoms with Crippen molar-refractivity contribution in [3.8, 4) is 0 Å². The van der Waals surface area contributed by atoms with Gasteiger partial charge in [-0.15, -0.1) is 0 Å². The quantitative estimate of drug-likeness (QED) is 0.869. The number of pyridine rings is 1. The van der Waals surface area contributed by atoms with Crippen molar-refractivity contribution in [3.05, 3.63) is 59.4 Å². The largest absolute Gasteiger partial charge is 0.335 e. The second-order valence-electron chi connectivity index (χ2n) is 7.66. The maximum Gasteiger partial charge on any atom is 0.319 e. The van der Waals surface area contributed by atoms with Crippen molar-refractivity contribution in [3.63, 3.8) is 0 Å². The number of fused-ring (bicyclic) bond motifs is 1. The number of amides is 2. The first-order chi connectivity index (χ1) is 13.3. The predicted octanol–water partition coefficient (Wildman–Crippen LogP) is 3.75. The Hall–Kier alpha value is -2.40. The minimum absolute atomic E-state index is 0.0697. The van der Waals surface area contributed by atoms with Crippen LogP contribution >= 0.6 is 0 Å². The number of urea groups is 1. The van der Waals surface area contributed by atoms with Crippen LogP contribution in [0.5, 0.6) is 0 Å². The molecule has 2 aromatic rings. The molecule has 5 nitrogen and oxygen atoms in total. The Kier molecular flexibility index (Phi) is 5.68. The molecule has 0 atom stereocenters. The van der Waals surface area contributed by atoms with Gasteiger partial charge in [0.05, 0.1) is 0 Å². The number of hydrogen-bond acceptors (Lipinski definition) is 3. The third-order valence-electron chi connectivity index (χ3n) is 5.70. The second kappa shape index (κ2) is 8.53. The number of piperidine rings is 1. The fourth-order valence-corrected chi connectivity index (χ4v) is 4.23. The fraction of sp³-hybridized carbons (Fsp3) is 0.455. The minimum Gasteiger partial charge on any atom is -0.335 e. The standard InChI is InChI=1S/C22H28N4O/c27-22(25-21-9-3-7-18-6-1-2-8-20(18)21)24-19-10-13-26(14-11-19)16-17-5-4-12-23-15-17/h3-5,7,9,12,15,19H,1-2,6,8,10-11,13-14,16H2,(H2,24,25,27). The van der Waals surface area contributed by atoms with E-state index in [1.165, 1.54) is 29.5 Å². The number of anilines is 1. The molecule has 0 unspecified atom stereocenters. The van der Waals surface area contributed by atoms with E-state index in [9.17, 15) is 4.79 Å². The molecular weight excluding hydrogens is 336 g/mol. The number of nitrogens with zero attached hydrogens (tertiary/aromatic N) is 2. The van der Waals surface area contributed by atoms with Crippen molar-refractivity contribution in [1.29, 1.82) is 0 Å². The molecule has 0 saturated carbocycles. The summed E-state index contributed by atoms with van der Waals surface area (Å²) in [5.41, 5.74) is 4.95. The molecule has 2 N–H and O–H groups in total. The summed E-state index contributed by atoms with van der Waals surface area (Å²) in [6.45, 7) is 2.93. The van der Waals surface area contributed by atoms with Crippen LogP contribution < -0.4 is 10.6 Å². The van der Waals surface area contributed by atoms with Gasteiger partial charge in [0.1, 0.15) is 0 Å². The molecule has 1 aromatic carbocycles. The van der Waals surface area contributed by atoms with E-state index in [2.05, 4.69) is 38.7 Å². The lowest BCUT2D eigenvalue weighted by Gasteiger charge is -2.32. The van der Waals surface area contributed by atoms with Crippen LogP contribution in [0.25, 0.3) is 0 Å². The summed E-state index contributed by atoms with van der Waals surface area (Å²) < 4.78 is 0. The summed E-state index contributed by atoms with van der Waals surface area (Å²) in [5.74, 6) is 0. The van der Waals surface area contributed by atoms with Crippen LogP contribution in [0.4, 0.5) is 10.5 Å². The molecule has 0 bridgehead atoms. The van der Waals surface area contributed by atoms with Crippen molar-refractivity contribution in [2.24, 2.45) is 0 Å². The number of hydrogen-bond donors (Lipinski definition) is 2. The van der Waals surface area contributed by atoms with Gasteiger partial charge in [0, 0.05) is 43.8 Å². The topological polar surface area (TPSA) is 57.3 Å². The summed E-state index contributed by atoms with van der Waals surface area (Å²) >= 11 is 0. The number of carbonyl (C=O) groups is 1. The average molecular weight is 364 g/mol. The van der Waals surface area contributed by atoms with Gasteiger partial charge in [0.2, 0.25) is 0 Å². The predicted molar refractivity (Wildman–Crippen MR) is 108 cm³/mol. The molecular formula is C22H28N4O. The highest BCUT2D eigenvalue weighted by Gasteiger charge is 2.21. The number of nitrogens with one attached hydrogen (secondary N) is 2. The van der Waals surface area contributed by atoms with Crippen molar-refractivity contribution < 1.29 is 4.79 Å². The summed E-state index contributed by atoms with van der Waals surface area (Å²) in [7, 11) is 0. The second-order valence-corrected chi connectivity index (χ2v) is 7.66. The Labute approximate surface area is 161 Å². The van der Waals surface area contributed by atoms with Crippen LogP contribution in [-0.2, 0) is 19.4 Å². The van der Waals surface area contributed by atoms with Crippen LogP contribution in [0.15, 0.2) is 42.7 Å². The Bertz CT molecular complexity index is 769. The molecule has 1 aliphatic heterocycles. The third-order valence-corrected chi connectivity index (χ3v) is 5.70. The SMILES string of the molecule is O=C(Nc1cccc2c1CCCC2)NC1CCN(Cc2cccnc2)CC1. The van der Waals surface area contributed by atoms with Crippen LogP contribution in [0.1, 0.15) is 42.4 Å². The van der Waals surface area contributed by atoms with Gasteiger partial charge in [0.25, 0.3) is 0 Å². The van der Waals surface area contributed by atoms with Gasteiger partial charge in [0.15, 0.2) is 0 Å². The number of carbonyl (C=O) groups excluding carboxylic acids is 1. The molecule has 2 heterocycles. The van der Waals surface area contributed by atoms with Gasteiger partial charge < -0.3 is 10.6 Å². The zero-order chi connectivity index (χ0) is 18.5. The lowest BCUT2D eigenvalue weighted by Crippen LogP contribution is -2.45. The monoisotopic (exact) mass is 364 g/mol. The zero-order valence-corrected chi connectivity index (χ0v) is 15.8. The van der Waals surface area contributed by atoms with Crippen LogP contribution in [0.2, 0.25) is 0 Å². The molecule has 1 fully saturated rings. The van der Waals surface area contributed by atoms with Crippen LogP contribution in [-0.4, -0.2) is 35.0 Å². The highest BCUT2D eigenvalue weighted by atomic mass is 16.2. The van der Waals surface area contributed by atoms with Crippen molar-refractivity contribution in [1.82, 2.24) is 15.2 Å². The molecule has 2 aliphatic rings. The third kappa shape index (κ3) is 4.66. The molecule has 5 heteroatoms. The normalized spacial score (nSPS) is 17.9. The molecule has 2 amide bonds. The van der Waals surface area contributed by atoms with E-state index in [1.807, 2.05) is 24.5 Å². The van der Waals surface area contributed by atoms with Gasteiger partial charge in [-0.1, -0.05) is 18.2 Å². The van der Waals surface area contributed by atoms with Crippen molar-refractivity contribution in [2.45, 2.75) is 51.1 Å². The zero-order valence-electron chi connectivity index (χ0n) is 15.8. The summed E-state index contributed by atoms with van der Waals surface area (Å²) in [5, 5.41) is 6.27. The molecule has 1 saturated heterocycles. The number of rotatable bonds is 4. The van der Waals surface area contributed by atoms with E-state index >= 15 is 0 Å². The Balaban J connectivity index is 1.26. The van der Waals surface area contributed by atoms with E-state index in [1.54, 1.807) is 0 Å². The van der Waals surface area contributed by atoms with E-state index in [0.717, 1.165) is 51.0 Å². The fourth-order valence-electron chi connectivity index (χ4n) is 4.23. The first kappa shape index (κ1) is 18.0. The molecule has 1 aliphatic carbocycles. The molecule has 27 heavy (non-hydrogen) atoms. The number of benzene rings is 1. The maximum atomic E-state index is 12.5. The minimum atomic E-state index is -0.0697. The average Bonchev–Trinajstić information content (AvgIpc) is 2.71. The first-order valence-corrected chi connectivity index (χ1v) is 10.1. The van der Waals surface area contributed by atoms with Gasteiger partial charge in [-0.25, -0.2) is 4.79 Å². The van der Waals surface area contributed by atoms with Crippen LogP contribution in [0.3, 0.4) is 0 Å². The van der Waals surface area contributed by atoms with Gasteiger partial charge in [-0.3, -0.25) is 9.88 Å².